The molecule has 0 spiro atoms. The fourth-order valence-electron chi connectivity index (χ4n) is 2.82. The Bertz CT molecular complexity index is 460. The Morgan fingerprint density at radius 2 is 2.00 bits per heavy atom. The van der Waals surface area contributed by atoms with E-state index in [1.165, 1.54) is 0 Å². The third kappa shape index (κ3) is 1.41. The van der Waals surface area contributed by atoms with Gasteiger partial charge < -0.3 is 15.2 Å². The number of rotatable bonds is 2. The van der Waals surface area contributed by atoms with Crippen LogP contribution < -0.4 is 5.73 Å². The maximum Gasteiger partial charge on any atom is 0.313 e. The summed E-state index contributed by atoms with van der Waals surface area (Å²) in [5.74, 6) is -0.614. The summed E-state index contributed by atoms with van der Waals surface area (Å²) in [6.07, 6.45) is -0.393. The first-order chi connectivity index (χ1) is 8.24. The summed E-state index contributed by atoms with van der Waals surface area (Å²) in [5.41, 5.74) is 8.28. The number of hydrogen-bond donors (Lipinski definition) is 1. The van der Waals surface area contributed by atoms with Gasteiger partial charge in [-0.25, -0.2) is 0 Å². The Morgan fingerprint density at radius 3 is 2.65 bits per heavy atom. The second-order valence-corrected chi connectivity index (χ2v) is 4.46. The number of ether oxygens (including phenoxy) is 2. The van der Waals surface area contributed by atoms with Gasteiger partial charge in [-0.05, 0) is 18.1 Å². The van der Waals surface area contributed by atoms with Crippen LogP contribution >= 0.6 is 0 Å². The number of esters is 1. The smallest absolute Gasteiger partial charge is 0.313 e. The lowest BCUT2D eigenvalue weighted by Crippen LogP contribution is -2.40. The van der Waals surface area contributed by atoms with Gasteiger partial charge in [0.15, 0.2) is 0 Å². The van der Waals surface area contributed by atoms with E-state index in [1.807, 2.05) is 24.3 Å². The van der Waals surface area contributed by atoms with E-state index in [0.29, 0.717) is 6.61 Å². The SMILES string of the molecule is CCOC(=O)C1C2OC(c3ccccc32)C1N. The monoisotopic (exact) mass is 233 g/mol. The second kappa shape index (κ2) is 3.82. The van der Waals surface area contributed by atoms with Crippen molar-refractivity contribution in [2.75, 3.05) is 6.61 Å². The molecule has 0 radical (unpaired) electrons. The summed E-state index contributed by atoms with van der Waals surface area (Å²) in [5, 5.41) is 0. The maximum absolute atomic E-state index is 11.9. The molecule has 4 atom stereocenters. The molecule has 0 amide bonds. The maximum atomic E-state index is 11.9. The molecule has 2 bridgehead atoms. The molecule has 1 aromatic rings. The molecule has 0 aromatic heterocycles. The van der Waals surface area contributed by atoms with Gasteiger partial charge in [0.2, 0.25) is 0 Å². The molecule has 4 unspecified atom stereocenters. The lowest BCUT2D eigenvalue weighted by atomic mass is 9.80. The van der Waals surface area contributed by atoms with Crippen molar-refractivity contribution in [1.29, 1.82) is 0 Å². The van der Waals surface area contributed by atoms with E-state index in [4.69, 9.17) is 15.2 Å². The van der Waals surface area contributed by atoms with Crippen molar-refractivity contribution in [3.05, 3.63) is 35.4 Å². The molecule has 2 N–H and O–H groups in total. The zero-order valence-corrected chi connectivity index (χ0v) is 9.63. The van der Waals surface area contributed by atoms with Gasteiger partial charge in [-0.1, -0.05) is 24.3 Å². The normalized spacial score (nSPS) is 33.5. The minimum Gasteiger partial charge on any atom is -0.466 e. The zero-order chi connectivity index (χ0) is 12.0. The van der Waals surface area contributed by atoms with Gasteiger partial charge in [-0.15, -0.1) is 0 Å². The Hall–Kier alpha value is -1.39. The number of hydrogen-bond acceptors (Lipinski definition) is 4. The van der Waals surface area contributed by atoms with Crippen molar-refractivity contribution in [3.8, 4) is 0 Å². The van der Waals surface area contributed by atoms with Crippen LogP contribution in [0.2, 0.25) is 0 Å². The second-order valence-electron chi connectivity index (χ2n) is 4.46. The Balaban J connectivity index is 1.95. The summed E-state index contributed by atoms with van der Waals surface area (Å²) >= 11 is 0. The predicted octanol–water partition coefficient (Wildman–Crippen LogP) is 1.32. The van der Waals surface area contributed by atoms with Gasteiger partial charge >= 0.3 is 5.97 Å². The molecule has 1 aromatic carbocycles. The van der Waals surface area contributed by atoms with Crippen LogP contribution in [-0.2, 0) is 14.3 Å². The van der Waals surface area contributed by atoms with E-state index in [1.54, 1.807) is 6.92 Å². The zero-order valence-electron chi connectivity index (χ0n) is 9.63. The molecule has 4 heteroatoms. The average Bonchev–Trinajstić information content (AvgIpc) is 2.85. The predicted molar refractivity (Wildman–Crippen MR) is 61.1 cm³/mol. The lowest BCUT2D eigenvalue weighted by molar-refractivity contribution is -0.150. The number of nitrogens with two attached hydrogens (primary N) is 1. The van der Waals surface area contributed by atoms with Crippen LogP contribution in [0.1, 0.15) is 30.3 Å². The van der Waals surface area contributed by atoms with Crippen LogP contribution in [0.4, 0.5) is 0 Å². The Labute approximate surface area is 99.7 Å². The van der Waals surface area contributed by atoms with Gasteiger partial charge in [0.1, 0.15) is 5.92 Å². The number of carbonyl (C=O) groups is 1. The van der Waals surface area contributed by atoms with Gasteiger partial charge in [0.05, 0.1) is 24.9 Å². The third-order valence-corrected chi connectivity index (χ3v) is 3.55. The van der Waals surface area contributed by atoms with Crippen molar-refractivity contribution in [1.82, 2.24) is 0 Å². The highest BCUT2D eigenvalue weighted by Crippen LogP contribution is 2.53. The van der Waals surface area contributed by atoms with E-state index in [-0.39, 0.29) is 30.1 Å². The van der Waals surface area contributed by atoms with Gasteiger partial charge in [0, 0.05) is 0 Å². The Morgan fingerprint density at radius 1 is 1.35 bits per heavy atom. The van der Waals surface area contributed by atoms with Crippen molar-refractivity contribution >= 4 is 5.97 Å². The standard InChI is InChI=1S/C13H15NO3/c1-2-16-13(15)9-10(14)12-8-6-4-3-5-7(8)11(9)17-12/h3-6,9-12H,2,14H2,1H3. The molecule has 3 rings (SSSR count). The summed E-state index contributed by atoms with van der Waals surface area (Å²) in [7, 11) is 0. The van der Waals surface area contributed by atoms with E-state index >= 15 is 0 Å². The summed E-state index contributed by atoms with van der Waals surface area (Å²) in [6.45, 7) is 2.17. The first-order valence-electron chi connectivity index (χ1n) is 5.90. The van der Waals surface area contributed by atoms with E-state index in [0.717, 1.165) is 11.1 Å². The molecule has 1 saturated heterocycles. The molecular weight excluding hydrogens is 218 g/mol. The molecule has 17 heavy (non-hydrogen) atoms. The fraction of sp³-hybridized carbons (Fsp3) is 0.462. The van der Waals surface area contributed by atoms with Crippen LogP contribution in [0.3, 0.4) is 0 Å². The van der Waals surface area contributed by atoms with Gasteiger partial charge in [0.25, 0.3) is 0 Å². The minimum atomic E-state index is -0.366. The van der Waals surface area contributed by atoms with Crippen molar-refractivity contribution in [2.24, 2.45) is 11.7 Å². The van der Waals surface area contributed by atoms with Crippen LogP contribution in [0, 0.1) is 5.92 Å². The number of benzene rings is 1. The van der Waals surface area contributed by atoms with Crippen LogP contribution in [0.15, 0.2) is 24.3 Å². The van der Waals surface area contributed by atoms with Crippen molar-refractivity contribution in [3.63, 3.8) is 0 Å². The fourth-order valence-corrected chi connectivity index (χ4v) is 2.82. The van der Waals surface area contributed by atoms with Gasteiger partial charge in [-0.2, -0.15) is 0 Å². The highest BCUT2D eigenvalue weighted by molar-refractivity contribution is 5.76. The highest BCUT2D eigenvalue weighted by Gasteiger charge is 2.54. The van der Waals surface area contributed by atoms with Gasteiger partial charge in [-0.3, -0.25) is 4.79 Å². The number of carbonyl (C=O) groups excluding carboxylic acids is 1. The van der Waals surface area contributed by atoms with Crippen LogP contribution in [0.5, 0.6) is 0 Å². The van der Waals surface area contributed by atoms with E-state index < -0.39 is 0 Å². The van der Waals surface area contributed by atoms with Crippen LogP contribution in [-0.4, -0.2) is 18.6 Å². The topological polar surface area (TPSA) is 61.5 Å². The summed E-state index contributed by atoms with van der Waals surface area (Å²) < 4.78 is 10.9. The molecule has 0 saturated carbocycles. The molecule has 2 heterocycles. The molecule has 2 aliphatic heterocycles. The molecule has 2 aliphatic rings. The first-order valence-corrected chi connectivity index (χ1v) is 5.90. The Kier molecular flexibility index (Phi) is 2.42. The quantitative estimate of drug-likeness (QED) is 0.782. The average molecular weight is 233 g/mol. The summed E-state index contributed by atoms with van der Waals surface area (Å²) in [6, 6.07) is 7.64. The largest absolute Gasteiger partial charge is 0.466 e. The third-order valence-electron chi connectivity index (χ3n) is 3.55. The molecule has 1 fully saturated rings. The van der Waals surface area contributed by atoms with Crippen molar-refractivity contribution < 1.29 is 14.3 Å². The van der Waals surface area contributed by atoms with E-state index in [2.05, 4.69) is 0 Å². The number of fused-ring (bicyclic) bond motifs is 5. The van der Waals surface area contributed by atoms with E-state index in [9.17, 15) is 4.79 Å². The lowest BCUT2D eigenvalue weighted by Gasteiger charge is -2.24. The minimum absolute atomic E-state index is 0.161. The highest BCUT2D eigenvalue weighted by atomic mass is 16.5. The van der Waals surface area contributed by atoms with Crippen molar-refractivity contribution in [2.45, 2.75) is 25.2 Å². The molecular formula is C13H15NO3. The molecule has 90 valence electrons. The molecule has 4 nitrogen and oxygen atoms in total. The summed E-state index contributed by atoms with van der Waals surface area (Å²) in [4.78, 5) is 11.9. The molecule has 0 aliphatic carbocycles. The van der Waals surface area contributed by atoms with Crippen LogP contribution in [0.25, 0.3) is 0 Å². The first kappa shape index (κ1) is 10.7.